The topological polar surface area (TPSA) is 42.2 Å². The molecule has 1 N–H and O–H groups in total. The summed E-state index contributed by atoms with van der Waals surface area (Å²) in [7, 11) is 0. The summed E-state index contributed by atoms with van der Waals surface area (Å²) in [6.45, 7) is 0.450. The van der Waals surface area contributed by atoms with Crippen molar-refractivity contribution in [3.05, 3.63) is 57.7 Å². The van der Waals surface area contributed by atoms with E-state index in [1.54, 1.807) is 0 Å². The molecular weight excluding hydrogens is 393 g/mol. The third-order valence-electron chi connectivity index (χ3n) is 4.88. The van der Waals surface area contributed by atoms with Gasteiger partial charge in [0.25, 0.3) is 0 Å². The fourth-order valence-corrected chi connectivity index (χ4v) is 3.65. The van der Waals surface area contributed by atoms with Gasteiger partial charge in [0.1, 0.15) is 16.3 Å². The van der Waals surface area contributed by atoms with Crippen LogP contribution in [0, 0.1) is 5.82 Å². The van der Waals surface area contributed by atoms with Gasteiger partial charge in [-0.05, 0) is 49.3 Å². The van der Waals surface area contributed by atoms with E-state index in [1.165, 1.54) is 4.52 Å². The Morgan fingerprint density at radius 2 is 1.93 bits per heavy atom. The predicted octanol–water partition coefficient (Wildman–Crippen LogP) is 5.61. The van der Waals surface area contributed by atoms with Gasteiger partial charge in [-0.25, -0.2) is 13.3 Å². The molecule has 1 aromatic carbocycles. The molecule has 4 nitrogen and oxygen atoms in total. The molecule has 0 unspecified atom stereocenters. The molecule has 8 heteroatoms. The van der Waals surface area contributed by atoms with Crippen molar-refractivity contribution in [3.8, 4) is 0 Å². The highest BCUT2D eigenvalue weighted by Gasteiger charge is 2.42. The number of hydrogen-bond acceptors (Lipinski definition) is 3. The first-order valence-electron chi connectivity index (χ1n) is 8.86. The van der Waals surface area contributed by atoms with Gasteiger partial charge in [-0.15, -0.1) is 5.10 Å². The second-order valence-electron chi connectivity index (χ2n) is 6.92. The molecule has 0 saturated heterocycles. The quantitative estimate of drug-likeness (QED) is 0.550. The van der Waals surface area contributed by atoms with Crippen molar-refractivity contribution in [2.45, 2.75) is 44.3 Å². The Hall–Kier alpha value is -1.92. The Morgan fingerprint density at radius 3 is 2.63 bits per heavy atom. The Bertz CT molecular complexity index is 971. The zero-order chi connectivity index (χ0) is 19.0. The van der Waals surface area contributed by atoms with Gasteiger partial charge >= 0.3 is 0 Å². The Labute approximate surface area is 165 Å². The van der Waals surface area contributed by atoms with Crippen molar-refractivity contribution in [1.29, 1.82) is 0 Å². The summed E-state index contributed by atoms with van der Waals surface area (Å²) in [6.07, 6.45) is 2.47. The highest BCUT2D eigenvalue weighted by molar-refractivity contribution is 6.31. The van der Waals surface area contributed by atoms with Gasteiger partial charge < -0.3 is 5.32 Å². The number of aromatic nitrogens is 3. The number of nitrogens with one attached hydrogen (secondary N) is 1. The number of nitrogens with zero attached hydrogens (tertiary/aromatic N) is 3. The highest BCUT2D eigenvalue weighted by Crippen LogP contribution is 2.44. The van der Waals surface area contributed by atoms with Crippen LogP contribution in [-0.4, -0.2) is 20.3 Å². The van der Waals surface area contributed by atoms with Gasteiger partial charge in [0.2, 0.25) is 5.28 Å². The van der Waals surface area contributed by atoms with Gasteiger partial charge in [-0.2, -0.15) is 4.98 Å². The third-order valence-corrected chi connectivity index (χ3v) is 5.43. The molecule has 4 rings (SSSR count). The van der Waals surface area contributed by atoms with Gasteiger partial charge in [0.05, 0.1) is 0 Å². The zero-order valence-corrected chi connectivity index (χ0v) is 16.0. The molecule has 1 saturated carbocycles. The average Bonchev–Trinajstić information content (AvgIpc) is 3.35. The first-order valence-corrected chi connectivity index (χ1v) is 9.61. The summed E-state index contributed by atoms with van der Waals surface area (Å²) in [4.78, 5) is 4.12. The van der Waals surface area contributed by atoms with E-state index in [9.17, 15) is 4.39 Å². The van der Waals surface area contributed by atoms with Crippen LogP contribution in [0.2, 0.25) is 10.4 Å². The fourth-order valence-electron chi connectivity index (χ4n) is 3.19. The first-order chi connectivity index (χ1) is 13.0. The molecule has 1 aliphatic carbocycles. The summed E-state index contributed by atoms with van der Waals surface area (Å²) in [5.74, 6) is -0.218. The SMILES string of the molecule is Fc1c(CCCC2(F)CC2)c(Cl)n2nc(Cl)nc(NCc3ccccc3)c12. The van der Waals surface area contributed by atoms with E-state index >= 15 is 4.39 Å². The Morgan fingerprint density at radius 1 is 1.19 bits per heavy atom. The van der Waals surface area contributed by atoms with Crippen molar-refractivity contribution < 1.29 is 8.78 Å². The monoisotopic (exact) mass is 410 g/mol. The molecular formula is C19H18Cl2F2N4. The van der Waals surface area contributed by atoms with E-state index < -0.39 is 11.5 Å². The molecule has 0 aliphatic heterocycles. The molecule has 27 heavy (non-hydrogen) atoms. The van der Waals surface area contributed by atoms with Crippen LogP contribution >= 0.6 is 23.2 Å². The largest absolute Gasteiger partial charge is 0.364 e. The van der Waals surface area contributed by atoms with Crippen LogP contribution in [0.3, 0.4) is 0 Å². The number of anilines is 1. The maximum absolute atomic E-state index is 15.1. The minimum absolute atomic E-state index is 0.0396. The lowest BCUT2D eigenvalue weighted by atomic mass is 10.1. The number of rotatable bonds is 7. The Kier molecular flexibility index (Phi) is 4.95. The van der Waals surface area contributed by atoms with Crippen LogP contribution in [0.15, 0.2) is 30.3 Å². The molecule has 0 amide bonds. The van der Waals surface area contributed by atoms with E-state index in [1.807, 2.05) is 30.3 Å². The van der Waals surface area contributed by atoms with E-state index in [2.05, 4.69) is 15.4 Å². The summed E-state index contributed by atoms with van der Waals surface area (Å²) < 4.78 is 30.1. The molecule has 1 fully saturated rings. The van der Waals surface area contributed by atoms with E-state index in [4.69, 9.17) is 23.2 Å². The normalized spacial score (nSPS) is 15.3. The van der Waals surface area contributed by atoms with Crippen LogP contribution in [-0.2, 0) is 13.0 Å². The van der Waals surface area contributed by atoms with E-state index in [0.29, 0.717) is 44.2 Å². The minimum Gasteiger partial charge on any atom is -0.364 e. The van der Waals surface area contributed by atoms with Crippen LogP contribution < -0.4 is 5.32 Å². The maximum Gasteiger partial charge on any atom is 0.243 e. The molecule has 0 radical (unpaired) electrons. The molecule has 0 spiro atoms. The van der Waals surface area contributed by atoms with Gasteiger partial charge in [0, 0.05) is 12.1 Å². The molecule has 0 atom stereocenters. The van der Waals surface area contributed by atoms with Crippen LogP contribution in [0.4, 0.5) is 14.6 Å². The van der Waals surface area contributed by atoms with Crippen molar-refractivity contribution in [2.24, 2.45) is 0 Å². The number of alkyl halides is 1. The smallest absolute Gasteiger partial charge is 0.243 e. The highest BCUT2D eigenvalue weighted by atomic mass is 35.5. The number of benzene rings is 1. The number of fused-ring (bicyclic) bond motifs is 1. The van der Waals surface area contributed by atoms with Gasteiger partial charge in [-0.1, -0.05) is 41.9 Å². The minimum atomic E-state index is -1.06. The predicted molar refractivity (Wildman–Crippen MR) is 103 cm³/mol. The van der Waals surface area contributed by atoms with Crippen molar-refractivity contribution >= 4 is 34.5 Å². The van der Waals surface area contributed by atoms with Gasteiger partial charge in [-0.3, -0.25) is 0 Å². The first kappa shape index (κ1) is 18.4. The second kappa shape index (κ2) is 7.24. The molecule has 3 aromatic rings. The summed E-state index contributed by atoms with van der Waals surface area (Å²) >= 11 is 12.3. The second-order valence-corrected chi connectivity index (χ2v) is 7.61. The molecule has 0 bridgehead atoms. The van der Waals surface area contributed by atoms with Crippen LogP contribution in [0.25, 0.3) is 5.52 Å². The number of hydrogen-bond donors (Lipinski definition) is 1. The zero-order valence-electron chi connectivity index (χ0n) is 14.5. The van der Waals surface area contributed by atoms with Crippen molar-refractivity contribution in [3.63, 3.8) is 0 Å². The molecule has 142 valence electrons. The fraction of sp³-hybridized carbons (Fsp3) is 0.368. The Balaban J connectivity index is 1.62. The van der Waals surface area contributed by atoms with Crippen molar-refractivity contribution in [2.75, 3.05) is 5.32 Å². The lowest BCUT2D eigenvalue weighted by molar-refractivity contribution is 0.283. The maximum atomic E-state index is 15.1. The lowest BCUT2D eigenvalue weighted by Gasteiger charge is -2.08. The summed E-state index contributed by atoms with van der Waals surface area (Å²) in [5, 5.41) is 7.24. The summed E-state index contributed by atoms with van der Waals surface area (Å²) in [5.41, 5.74) is 0.423. The van der Waals surface area contributed by atoms with Crippen LogP contribution in [0.5, 0.6) is 0 Å². The average molecular weight is 411 g/mol. The molecule has 2 heterocycles. The molecule has 1 aliphatic rings. The third kappa shape index (κ3) is 3.87. The van der Waals surface area contributed by atoms with E-state index in [0.717, 1.165) is 5.56 Å². The van der Waals surface area contributed by atoms with Crippen LogP contribution in [0.1, 0.15) is 36.8 Å². The standard InChI is InChI=1S/C19H18Cl2F2N4/c20-16-13(7-4-8-19(23)9-10-19)14(22)15-17(25-18(21)26-27(15)16)24-11-12-5-2-1-3-6-12/h1-3,5-6H,4,7-11H2,(H,24,25,26). The molecule has 2 aromatic heterocycles. The summed E-state index contributed by atoms with van der Waals surface area (Å²) in [6, 6.07) is 9.66. The lowest BCUT2D eigenvalue weighted by Crippen LogP contribution is -2.06. The van der Waals surface area contributed by atoms with Gasteiger partial charge in [0.15, 0.2) is 11.6 Å². The van der Waals surface area contributed by atoms with E-state index in [-0.39, 0.29) is 21.8 Å². The van der Waals surface area contributed by atoms with Crippen molar-refractivity contribution in [1.82, 2.24) is 14.6 Å². The number of halogens is 4.